The molecule has 0 radical (unpaired) electrons. The van der Waals surface area contributed by atoms with Crippen LogP contribution < -0.4 is 10.6 Å². The zero-order chi connectivity index (χ0) is 6.57. The highest BCUT2D eigenvalue weighted by Crippen LogP contribution is 2.11. The minimum absolute atomic E-state index is 0.226. The van der Waals surface area contributed by atoms with E-state index in [1.165, 1.54) is 0 Å². The molecule has 2 atom stereocenters. The Kier molecular flexibility index (Phi) is 3.91. The first kappa shape index (κ1) is 7.98. The van der Waals surface area contributed by atoms with E-state index in [2.05, 4.69) is 4.52 Å². The van der Waals surface area contributed by atoms with E-state index in [4.69, 9.17) is 5.73 Å². The van der Waals surface area contributed by atoms with E-state index in [-0.39, 0.29) is 6.54 Å². The van der Waals surface area contributed by atoms with Gasteiger partial charge in [0.2, 0.25) is 0 Å². The zero-order valence-electron chi connectivity index (χ0n) is 4.53. The Morgan fingerprint density at radius 1 is 2.00 bits per heavy atom. The van der Waals surface area contributed by atoms with Gasteiger partial charge in [-0.2, -0.15) is 0 Å². The first-order chi connectivity index (χ1) is 3.66. The fourth-order valence-corrected chi connectivity index (χ4v) is 0.570. The molecule has 0 saturated carbocycles. The van der Waals surface area contributed by atoms with E-state index in [1.54, 1.807) is 6.92 Å². The molecule has 0 aromatic carbocycles. The third-order valence-electron chi connectivity index (χ3n) is 0.598. The van der Waals surface area contributed by atoms with Gasteiger partial charge in [-0.1, -0.05) is 0 Å². The maximum Gasteiger partial charge on any atom is 0.488 e. The minimum atomic E-state index is -2.73. The van der Waals surface area contributed by atoms with Crippen molar-refractivity contribution in [3.05, 3.63) is 0 Å². The van der Waals surface area contributed by atoms with E-state index >= 15 is 0 Å². The molecule has 0 heterocycles. The molecule has 2 N–H and O–H groups in total. The van der Waals surface area contributed by atoms with Gasteiger partial charge in [0.15, 0.2) is 0 Å². The Bertz CT molecular complexity index is 86.6. The Morgan fingerprint density at radius 3 is 2.62 bits per heavy atom. The standard InChI is InChI=1S/C3H8NO3P/c1-3(2-4)7-8(5)6/h3H,2,4H2,1H3. The van der Waals surface area contributed by atoms with Crippen LogP contribution in [-0.2, 0) is 9.09 Å². The van der Waals surface area contributed by atoms with Gasteiger partial charge in [-0.25, -0.2) is 0 Å². The van der Waals surface area contributed by atoms with E-state index < -0.39 is 14.4 Å². The first-order valence-corrected chi connectivity index (χ1v) is 3.27. The summed E-state index contributed by atoms with van der Waals surface area (Å²) in [5.74, 6) is 0. The van der Waals surface area contributed by atoms with Gasteiger partial charge < -0.3 is 10.6 Å². The molecule has 0 aromatic rings. The average molecular weight is 137 g/mol. The highest BCUT2D eigenvalue weighted by molar-refractivity contribution is 7.30. The molecule has 0 amide bonds. The van der Waals surface area contributed by atoms with Crippen molar-refractivity contribution in [2.24, 2.45) is 5.73 Å². The lowest BCUT2D eigenvalue weighted by Crippen LogP contribution is -2.18. The van der Waals surface area contributed by atoms with Crippen molar-refractivity contribution in [3.63, 3.8) is 0 Å². The monoisotopic (exact) mass is 137 g/mol. The largest absolute Gasteiger partial charge is 0.566 e. The van der Waals surface area contributed by atoms with Crippen LogP contribution in [0, 0.1) is 0 Å². The second kappa shape index (κ2) is 3.92. The molecule has 48 valence electrons. The highest BCUT2D eigenvalue weighted by Gasteiger charge is 2.07. The molecule has 0 bridgehead atoms. The Balaban J connectivity index is 3.24. The third-order valence-corrected chi connectivity index (χ3v) is 1.13. The van der Waals surface area contributed by atoms with Crippen molar-refractivity contribution < 1.29 is 14.0 Å². The molecule has 0 spiro atoms. The van der Waals surface area contributed by atoms with Crippen molar-refractivity contribution in [3.8, 4) is 0 Å². The van der Waals surface area contributed by atoms with Crippen molar-refractivity contribution in [1.29, 1.82) is 0 Å². The molecule has 0 aliphatic heterocycles. The van der Waals surface area contributed by atoms with Gasteiger partial charge in [0.05, 0.1) is 0 Å². The number of hydrogen-bond acceptors (Lipinski definition) is 4. The van der Waals surface area contributed by atoms with Crippen LogP contribution >= 0.6 is 8.25 Å². The summed E-state index contributed by atoms with van der Waals surface area (Å²) in [7, 11) is -2.73. The first-order valence-electron chi connectivity index (χ1n) is 2.18. The summed E-state index contributed by atoms with van der Waals surface area (Å²) in [5.41, 5.74) is 5.03. The summed E-state index contributed by atoms with van der Waals surface area (Å²) >= 11 is 0. The van der Waals surface area contributed by atoms with Gasteiger partial charge >= 0.3 is 8.25 Å². The van der Waals surface area contributed by atoms with Crippen molar-refractivity contribution in [2.45, 2.75) is 13.0 Å². The molecule has 5 heteroatoms. The SMILES string of the molecule is CC(CN)O[P+](=O)[O-]. The lowest BCUT2D eigenvalue weighted by Gasteiger charge is -1.97. The lowest BCUT2D eigenvalue weighted by molar-refractivity contribution is -0.188. The summed E-state index contributed by atoms with van der Waals surface area (Å²) < 4.78 is 14.0. The predicted octanol–water partition coefficient (Wildman–Crippen LogP) is -0.632. The molecule has 0 fully saturated rings. The van der Waals surface area contributed by atoms with Gasteiger partial charge in [0, 0.05) is 6.54 Å². The van der Waals surface area contributed by atoms with Crippen LogP contribution in [0.15, 0.2) is 0 Å². The number of nitrogens with two attached hydrogens (primary N) is 1. The molecule has 4 nitrogen and oxygen atoms in total. The maximum absolute atomic E-state index is 9.73. The van der Waals surface area contributed by atoms with Crippen LogP contribution in [0.5, 0.6) is 0 Å². The molecular weight excluding hydrogens is 129 g/mol. The van der Waals surface area contributed by atoms with E-state index in [0.717, 1.165) is 0 Å². The van der Waals surface area contributed by atoms with Crippen molar-refractivity contribution in [1.82, 2.24) is 0 Å². The van der Waals surface area contributed by atoms with Gasteiger partial charge in [-0.15, -0.1) is 4.52 Å². The van der Waals surface area contributed by atoms with Gasteiger partial charge in [0.1, 0.15) is 6.10 Å². The Labute approximate surface area is 48.6 Å². The molecule has 0 aromatic heterocycles. The van der Waals surface area contributed by atoms with Crippen LogP contribution in [0.3, 0.4) is 0 Å². The van der Waals surface area contributed by atoms with Gasteiger partial charge in [-0.05, 0) is 11.5 Å². The fourth-order valence-electron chi connectivity index (χ4n) is 0.190. The van der Waals surface area contributed by atoms with E-state index in [0.29, 0.717) is 0 Å². The minimum Gasteiger partial charge on any atom is -0.566 e. The van der Waals surface area contributed by atoms with E-state index in [9.17, 15) is 9.46 Å². The molecule has 2 unspecified atom stereocenters. The molecule has 0 rings (SSSR count). The highest BCUT2D eigenvalue weighted by atomic mass is 31.1. The van der Waals surface area contributed by atoms with Crippen LogP contribution in [0.4, 0.5) is 0 Å². The van der Waals surface area contributed by atoms with Gasteiger partial charge in [-0.3, -0.25) is 0 Å². The number of hydrogen-bond donors (Lipinski definition) is 1. The second-order valence-corrected chi connectivity index (χ2v) is 2.03. The van der Waals surface area contributed by atoms with Crippen LogP contribution in [0.1, 0.15) is 6.92 Å². The summed E-state index contributed by atoms with van der Waals surface area (Å²) in [4.78, 5) is 9.73. The fraction of sp³-hybridized carbons (Fsp3) is 1.00. The molecular formula is C3H8NO3P. The summed E-state index contributed by atoms with van der Waals surface area (Å²) in [6, 6.07) is 0. The lowest BCUT2D eigenvalue weighted by atomic mass is 10.4. The second-order valence-electron chi connectivity index (χ2n) is 1.38. The molecule has 0 aliphatic rings. The third kappa shape index (κ3) is 4.15. The molecule has 8 heavy (non-hydrogen) atoms. The van der Waals surface area contributed by atoms with Gasteiger partial charge in [0.25, 0.3) is 0 Å². The van der Waals surface area contributed by atoms with Crippen molar-refractivity contribution >= 4 is 8.25 Å². The molecule has 0 saturated heterocycles. The zero-order valence-corrected chi connectivity index (χ0v) is 5.43. The van der Waals surface area contributed by atoms with Crippen LogP contribution in [0.25, 0.3) is 0 Å². The maximum atomic E-state index is 9.73. The van der Waals surface area contributed by atoms with E-state index in [1.807, 2.05) is 0 Å². The topological polar surface area (TPSA) is 75.4 Å². The quantitative estimate of drug-likeness (QED) is 0.525. The summed E-state index contributed by atoms with van der Waals surface area (Å²) in [6.45, 7) is 1.81. The van der Waals surface area contributed by atoms with Crippen molar-refractivity contribution in [2.75, 3.05) is 6.54 Å². The predicted molar refractivity (Wildman–Crippen MR) is 27.2 cm³/mol. The average Bonchev–Trinajstić information content (AvgIpc) is 1.65. The summed E-state index contributed by atoms with van der Waals surface area (Å²) in [5, 5.41) is 0. The summed E-state index contributed by atoms with van der Waals surface area (Å²) in [6.07, 6.45) is -0.392. The Hall–Kier alpha value is -0.0200. The number of rotatable bonds is 3. The Morgan fingerprint density at radius 2 is 2.50 bits per heavy atom. The molecule has 0 aliphatic carbocycles. The normalized spacial score (nSPS) is 15.6. The smallest absolute Gasteiger partial charge is 0.488 e. The van der Waals surface area contributed by atoms with Crippen LogP contribution in [0.2, 0.25) is 0 Å². The van der Waals surface area contributed by atoms with Crippen LogP contribution in [-0.4, -0.2) is 12.6 Å².